The number of carboxylic acids is 1. The Morgan fingerprint density at radius 2 is 1.29 bits per heavy atom. The number of ether oxygens (including phenoxy) is 2. The standard InChI is InChI=1S/C29H41NO5/c1-34-26-14-10-23(11-15-26)29(33,24-12-16-27(35-2)17-13-24)25-18-21-30(22-19-25)20-8-6-4-3-5-7-9-28(31)32/h10-17,25,33H,3-9,18-22H2,1-2H3,(H,31,32). The van der Waals surface area contributed by atoms with Crippen LogP contribution < -0.4 is 9.47 Å². The molecule has 2 aromatic rings. The highest BCUT2D eigenvalue weighted by Gasteiger charge is 2.41. The number of unbranched alkanes of at least 4 members (excludes halogenated alkanes) is 5. The molecule has 6 nitrogen and oxygen atoms in total. The molecular weight excluding hydrogens is 442 g/mol. The number of carboxylic acid groups (broad SMARTS) is 1. The summed E-state index contributed by atoms with van der Waals surface area (Å²) < 4.78 is 10.7. The molecule has 2 aromatic carbocycles. The van der Waals surface area contributed by atoms with Gasteiger partial charge in [-0.05, 0) is 86.6 Å². The number of methoxy groups -OCH3 is 2. The normalized spacial score (nSPS) is 15.2. The number of piperidine rings is 1. The van der Waals surface area contributed by atoms with Gasteiger partial charge >= 0.3 is 5.97 Å². The van der Waals surface area contributed by atoms with Crippen molar-refractivity contribution in [2.24, 2.45) is 5.92 Å². The minimum Gasteiger partial charge on any atom is -0.497 e. The number of aliphatic carboxylic acids is 1. The van der Waals surface area contributed by atoms with Crippen LogP contribution in [0.4, 0.5) is 0 Å². The molecule has 0 amide bonds. The zero-order chi connectivity index (χ0) is 25.1. The Morgan fingerprint density at radius 1 is 0.829 bits per heavy atom. The molecular formula is C29H41NO5. The van der Waals surface area contributed by atoms with Crippen molar-refractivity contribution in [3.05, 3.63) is 59.7 Å². The van der Waals surface area contributed by atoms with E-state index in [1.165, 1.54) is 19.3 Å². The lowest BCUT2D eigenvalue weighted by Crippen LogP contribution is -2.44. The molecule has 1 heterocycles. The van der Waals surface area contributed by atoms with Crippen LogP contribution >= 0.6 is 0 Å². The number of benzene rings is 2. The number of likely N-dealkylation sites (tertiary alicyclic amines) is 1. The molecule has 0 atom stereocenters. The SMILES string of the molecule is COc1ccc(C(O)(c2ccc(OC)cc2)C2CCN(CCCCCCCCC(=O)O)CC2)cc1. The van der Waals surface area contributed by atoms with Crippen molar-refractivity contribution in [2.75, 3.05) is 33.9 Å². The molecule has 0 radical (unpaired) electrons. The number of aliphatic hydroxyl groups is 1. The van der Waals surface area contributed by atoms with Crippen LogP contribution in [0.5, 0.6) is 11.5 Å². The zero-order valence-electron chi connectivity index (χ0n) is 21.2. The van der Waals surface area contributed by atoms with Gasteiger partial charge in [0.25, 0.3) is 0 Å². The van der Waals surface area contributed by atoms with Crippen LogP contribution in [0.1, 0.15) is 68.9 Å². The van der Waals surface area contributed by atoms with E-state index < -0.39 is 11.6 Å². The van der Waals surface area contributed by atoms with Gasteiger partial charge in [-0.1, -0.05) is 49.9 Å². The molecule has 0 saturated carbocycles. The first-order valence-corrected chi connectivity index (χ1v) is 12.9. The average Bonchev–Trinajstić information content (AvgIpc) is 2.90. The minimum absolute atomic E-state index is 0.120. The van der Waals surface area contributed by atoms with E-state index in [1.54, 1.807) is 14.2 Å². The Balaban J connectivity index is 1.56. The van der Waals surface area contributed by atoms with E-state index in [4.69, 9.17) is 14.6 Å². The topological polar surface area (TPSA) is 79.2 Å². The Hall–Kier alpha value is -2.57. The fourth-order valence-electron chi connectivity index (χ4n) is 5.22. The van der Waals surface area contributed by atoms with Gasteiger partial charge in [0.2, 0.25) is 0 Å². The lowest BCUT2D eigenvalue weighted by molar-refractivity contribution is -0.137. The summed E-state index contributed by atoms with van der Waals surface area (Å²) in [4.78, 5) is 13.1. The predicted molar refractivity (Wildman–Crippen MR) is 138 cm³/mol. The molecule has 1 aliphatic heterocycles. The van der Waals surface area contributed by atoms with Crippen molar-refractivity contribution >= 4 is 5.97 Å². The van der Waals surface area contributed by atoms with Gasteiger partial charge in [0.15, 0.2) is 0 Å². The van der Waals surface area contributed by atoms with Gasteiger partial charge in [-0.15, -0.1) is 0 Å². The van der Waals surface area contributed by atoms with Crippen LogP contribution in [-0.4, -0.2) is 54.9 Å². The summed E-state index contributed by atoms with van der Waals surface area (Å²) in [5.41, 5.74) is 0.718. The number of hydrogen-bond donors (Lipinski definition) is 2. The second kappa shape index (κ2) is 13.5. The van der Waals surface area contributed by atoms with E-state index in [9.17, 15) is 9.90 Å². The van der Waals surface area contributed by atoms with Crippen LogP contribution in [0.3, 0.4) is 0 Å². The Labute approximate surface area is 209 Å². The third-order valence-electron chi connectivity index (χ3n) is 7.35. The van der Waals surface area contributed by atoms with Crippen LogP contribution in [0.2, 0.25) is 0 Å². The van der Waals surface area contributed by atoms with E-state index in [0.29, 0.717) is 0 Å². The molecule has 1 aliphatic rings. The van der Waals surface area contributed by atoms with E-state index in [1.807, 2.05) is 48.5 Å². The maximum absolute atomic E-state index is 12.2. The first-order valence-electron chi connectivity index (χ1n) is 12.9. The molecule has 0 spiro atoms. The van der Waals surface area contributed by atoms with Crippen LogP contribution in [0.25, 0.3) is 0 Å². The molecule has 35 heavy (non-hydrogen) atoms. The highest BCUT2D eigenvalue weighted by atomic mass is 16.5. The second-order valence-electron chi connectivity index (χ2n) is 9.60. The summed E-state index contributed by atoms with van der Waals surface area (Å²) in [6, 6.07) is 15.6. The second-order valence-corrected chi connectivity index (χ2v) is 9.60. The highest BCUT2D eigenvalue weighted by Crippen LogP contribution is 2.42. The number of nitrogens with zero attached hydrogens (tertiary/aromatic N) is 1. The van der Waals surface area contributed by atoms with Crippen molar-refractivity contribution in [3.8, 4) is 11.5 Å². The van der Waals surface area contributed by atoms with E-state index >= 15 is 0 Å². The summed E-state index contributed by atoms with van der Waals surface area (Å²) >= 11 is 0. The lowest BCUT2D eigenvalue weighted by atomic mass is 9.72. The zero-order valence-corrected chi connectivity index (χ0v) is 21.2. The summed E-state index contributed by atoms with van der Waals surface area (Å²) in [6.45, 7) is 3.06. The third kappa shape index (κ3) is 7.45. The van der Waals surface area contributed by atoms with Crippen LogP contribution in [0, 0.1) is 5.92 Å². The highest BCUT2D eigenvalue weighted by molar-refractivity contribution is 5.66. The molecule has 6 heteroatoms. The largest absolute Gasteiger partial charge is 0.497 e. The van der Waals surface area contributed by atoms with E-state index in [-0.39, 0.29) is 12.3 Å². The maximum atomic E-state index is 12.2. The summed E-state index contributed by atoms with van der Waals surface area (Å²) in [5.74, 6) is 0.985. The Kier molecular flexibility index (Phi) is 10.4. The summed E-state index contributed by atoms with van der Waals surface area (Å²) in [7, 11) is 3.31. The van der Waals surface area contributed by atoms with E-state index in [2.05, 4.69) is 4.90 Å². The van der Waals surface area contributed by atoms with Gasteiger partial charge in [-0.25, -0.2) is 0 Å². The number of rotatable bonds is 14. The van der Waals surface area contributed by atoms with Gasteiger partial charge in [0.1, 0.15) is 17.1 Å². The molecule has 1 saturated heterocycles. The fraction of sp³-hybridized carbons (Fsp3) is 0.552. The predicted octanol–water partition coefficient (Wildman–Crippen LogP) is 5.47. The summed E-state index contributed by atoms with van der Waals surface area (Å²) in [5, 5.41) is 20.9. The molecule has 192 valence electrons. The van der Waals surface area contributed by atoms with Crippen molar-refractivity contribution in [3.63, 3.8) is 0 Å². The van der Waals surface area contributed by atoms with Gasteiger partial charge in [-0.3, -0.25) is 4.79 Å². The van der Waals surface area contributed by atoms with Crippen molar-refractivity contribution in [1.29, 1.82) is 0 Å². The minimum atomic E-state index is -1.07. The lowest BCUT2D eigenvalue weighted by Gasteiger charge is -2.42. The monoisotopic (exact) mass is 483 g/mol. The smallest absolute Gasteiger partial charge is 0.303 e. The first-order chi connectivity index (χ1) is 17.0. The van der Waals surface area contributed by atoms with E-state index in [0.717, 1.165) is 74.4 Å². The molecule has 0 aliphatic carbocycles. The van der Waals surface area contributed by atoms with Gasteiger partial charge in [0, 0.05) is 6.42 Å². The molecule has 3 rings (SSSR count). The molecule has 1 fully saturated rings. The fourth-order valence-corrected chi connectivity index (χ4v) is 5.22. The van der Waals surface area contributed by atoms with Crippen molar-refractivity contribution < 1.29 is 24.5 Å². The van der Waals surface area contributed by atoms with Gasteiger partial charge < -0.3 is 24.6 Å². The van der Waals surface area contributed by atoms with Gasteiger partial charge in [-0.2, -0.15) is 0 Å². The summed E-state index contributed by atoms with van der Waals surface area (Å²) in [6.07, 6.45) is 8.60. The quantitative estimate of drug-likeness (QED) is 0.347. The molecule has 0 unspecified atom stereocenters. The van der Waals surface area contributed by atoms with Crippen molar-refractivity contribution in [2.45, 2.75) is 63.4 Å². The number of carbonyl (C=O) groups is 1. The maximum Gasteiger partial charge on any atom is 0.303 e. The van der Waals surface area contributed by atoms with Crippen LogP contribution in [0.15, 0.2) is 48.5 Å². The average molecular weight is 484 g/mol. The van der Waals surface area contributed by atoms with Gasteiger partial charge in [0.05, 0.1) is 14.2 Å². The van der Waals surface area contributed by atoms with Crippen LogP contribution in [-0.2, 0) is 10.4 Å². The molecule has 0 bridgehead atoms. The molecule has 2 N–H and O–H groups in total. The number of hydrogen-bond acceptors (Lipinski definition) is 5. The van der Waals surface area contributed by atoms with Crippen molar-refractivity contribution in [1.82, 2.24) is 4.90 Å². The molecule has 0 aromatic heterocycles. The Bertz CT molecular complexity index is 841. The Morgan fingerprint density at radius 3 is 1.74 bits per heavy atom. The first kappa shape index (κ1) is 27.0. The third-order valence-corrected chi connectivity index (χ3v) is 7.35.